The van der Waals surface area contributed by atoms with Crippen molar-refractivity contribution < 1.29 is 14.3 Å². The largest absolute Gasteiger partial charge is 0.466 e. The SMILES string of the molecule is Cc1oc(C)c(C(=O)N2CCN(CC(O)C(C)(C)C)CC2)c1C. The number of aliphatic hydroxyl groups is 1. The first kappa shape index (κ1) is 18.0. The number of aryl methyl sites for hydroxylation is 2. The molecular weight excluding hydrogens is 292 g/mol. The number of hydrogen-bond donors (Lipinski definition) is 1. The number of hydrogen-bond acceptors (Lipinski definition) is 4. The van der Waals surface area contributed by atoms with Crippen molar-refractivity contribution in [2.24, 2.45) is 5.41 Å². The van der Waals surface area contributed by atoms with E-state index in [9.17, 15) is 9.90 Å². The van der Waals surface area contributed by atoms with Crippen molar-refractivity contribution >= 4 is 5.91 Å². The van der Waals surface area contributed by atoms with Gasteiger partial charge in [0, 0.05) is 38.3 Å². The molecule has 0 spiro atoms. The minimum atomic E-state index is -0.356. The monoisotopic (exact) mass is 322 g/mol. The van der Waals surface area contributed by atoms with Gasteiger partial charge < -0.3 is 14.4 Å². The fourth-order valence-corrected chi connectivity index (χ4v) is 2.92. The molecule has 1 atom stereocenters. The summed E-state index contributed by atoms with van der Waals surface area (Å²) in [5.41, 5.74) is 1.54. The molecule has 0 radical (unpaired) electrons. The van der Waals surface area contributed by atoms with Gasteiger partial charge in [-0.1, -0.05) is 20.8 Å². The zero-order valence-electron chi connectivity index (χ0n) is 15.3. The average molecular weight is 322 g/mol. The second kappa shape index (κ2) is 6.65. The molecule has 130 valence electrons. The van der Waals surface area contributed by atoms with Crippen LogP contribution in [-0.2, 0) is 0 Å². The van der Waals surface area contributed by atoms with Crippen molar-refractivity contribution in [3.8, 4) is 0 Å². The summed E-state index contributed by atoms with van der Waals surface area (Å²) in [6.45, 7) is 15.5. The van der Waals surface area contributed by atoms with Gasteiger partial charge in [0.2, 0.25) is 0 Å². The number of carbonyl (C=O) groups excluding carboxylic acids is 1. The van der Waals surface area contributed by atoms with E-state index in [1.54, 1.807) is 0 Å². The molecule has 5 nitrogen and oxygen atoms in total. The van der Waals surface area contributed by atoms with E-state index in [2.05, 4.69) is 4.90 Å². The van der Waals surface area contributed by atoms with Gasteiger partial charge in [-0.3, -0.25) is 9.69 Å². The number of carbonyl (C=O) groups is 1. The normalized spacial score (nSPS) is 18.3. The Hall–Kier alpha value is -1.33. The molecule has 1 N–H and O–H groups in total. The van der Waals surface area contributed by atoms with Crippen molar-refractivity contribution in [1.82, 2.24) is 9.80 Å². The summed E-state index contributed by atoms with van der Waals surface area (Å²) in [5, 5.41) is 10.2. The standard InChI is InChI=1S/C18H30N2O3/c1-12-13(2)23-14(3)16(12)17(22)20-9-7-19(8-10-20)11-15(21)18(4,5)6/h15,21H,7-11H2,1-6H3. The number of β-amino-alcohol motifs (C(OH)–C–C–N with tert-alkyl or cyclic N) is 1. The molecule has 1 aliphatic heterocycles. The summed E-state index contributed by atoms with van der Waals surface area (Å²) in [4.78, 5) is 16.9. The van der Waals surface area contributed by atoms with Crippen LogP contribution >= 0.6 is 0 Å². The van der Waals surface area contributed by atoms with Crippen LogP contribution in [0, 0.1) is 26.2 Å². The summed E-state index contributed by atoms with van der Waals surface area (Å²) in [6.07, 6.45) is -0.356. The zero-order chi connectivity index (χ0) is 17.4. The molecular formula is C18H30N2O3. The van der Waals surface area contributed by atoms with Crippen molar-refractivity contribution in [2.75, 3.05) is 32.7 Å². The minimum Gasteiger partial charge on any atom is -0.466 e. The Morgan fingerprint density at radius 3 is 2.13 bits per heavy atom. The molecule has 1 aromatic rings. The molecule has 0 aliphatic carbocycles. The Labute approximate surface area is 139 Å². The summed E-state index contributed by atoms with van der Waals surface area (Å²) >= 11 is 0. The summed E-state index contributed by atoms with van der Waals surface area (Å²) < 4.78 is 5.58. The highest BCUT2D eigenvalue weighted by Crippen LogP contribution is 2.24. The molecule has 2 heterocycles. The predicted molar refractivity (Wildman–Crippen MR) is 90.7 cm³/mol. The van der Waals surface area contributed by atoms with Gasteiger partial charge in [-0.25, -0.2) is 0 Å². The maximum atomic E-state index is 12.7. The maximum absolute atomic E-state index is 12.7. The lowest BCUT2D eigenvalue weighted by molar-refractivity contribution is 0.0136. The first-order valence-corrected chi connectivity index (χ1v) is 8.37. The van der Waals surface area contributed by atoms with Crippen LogP contribution in [0.5, 0.6) is 0 Å². The predicted octanol–water partition coefficient (Wildman–Crippen LogP) is 2.37. The van der Waals surface area contributed by atoms with Gasteiger partial charge in [0.05, 0.1) is 11.7 Å². The molecule has 1 aliphatic rings. The molecule has 1 amide bonds. The van der Waals surface area contributed by atoms with Crippen molar-refractivity contribution in [1.29, 1.82) is 0 Å². The van der Waals surface area contributed by atoms with Gasteiger partial charge in [-0.05, 0) is 26.2 Å². The average Bonchev–Trinajstić information content (AvgIpc) is 2.71. The summed E-state index contributed by atoms with van der Waals surface area (Å²) in [5.74, 6) is 1.58. The molecule has 0 aromatic carbocycles. The number of amides is 1. The molecule has 0 bridgehead atoms. The van der Waals surface area contributed by atoms with E-state index in [0.29, 0.717) is 31.0 Å². The van der Waals surface area contributed by atoms with Crippen molar-refractivity contribution in [3.63, 3.8) is 0 Å². The quantitative estimate of drug-likeness (QED) is 0.928. The van der Waals surface area contributed by atoms with E-state index in [1.165, 1.54) is 0 Å². The third-order valence-corrected chi connectivity index (χ3v) is 4.87. The lowest BCUT2D eigenvalue weighted by Crippen LogP contribution is -2.51. The van der Waals surface area contributed by atoms with E-state index in [1.807, 2.05) is 46.4 Å². The van der Waals surface area contributed by atoms with E-state index in [0.717, 1.165) is 24.4 Å². The highest BCUT2D eigenvalue weighted by atomic mass is 16.3. The van der Waals surface area contributed by atoms with Crippen LogP contribution in [0.1, 0.15) is 48.2 Å². The lowest BCUT2D eigenvalue weighted by atomic mass is 9.89. The number of piperazine rings is 1. The summed E-state index contributed by atoms with van der Waals surface area (Å²) in [6, 6.07) is 0. The number of furan rings is 1. The van der Waals surface area contributed by atoms with Gasteiger partial charge >= 0.3 is 0 Å². The van der Waals surface area contributed by atoms with E-state index >= 15 is 0 Å². The van der Waals surface area contributed by atoms with Crippen LogP contribution in [0.2, 0.25) is 0 Å². The van der Waals surface area contributed by atoms with Crippen LogP contribution in [0.4, 0.5) is 0 Å². The molecule has 1 aromatic heterocycles. The third-order valence-electron chi connectivity index (χ3n) is 4.87. The Morgan fingerprint density at radius 1 is 1.13 bits per heavy atom. The molecule has 1 unspecified atom stereocenters. The zero-order valence-corrected chi connectivity index (χ0v) is 15.3. The second-order valence-electron chi connectivity index (χ2n) is 7.69. The lowest BCUT2D eigenvalue weighted by Gasteiger charge is -2.38. The summed E-state index contributed by atoms with van der Waals surface area (Å²) in [7, 11) is 0. The van der Waals surface area contributed by atoms with Crippen LogP contribution < -0.4 is 0 Å². The first-order chi connectivity index (χ1) is 10.6. The van der Waals surface area contributed by atoms with Gasteiger partial charge in [-0.15, -0.1) is 0 Å². The fourth-order valence-electron chi connectivity index (χ4n) is 2.92. The van der Waals surface area contributed by atoms with Gasteiger partial charge in [-0.2, -0.15) is 0 Å². The highest BCUT2D eigenvalue weighted by molar-refractivity contribution is 5.97. The maximum Gasteiger partial charge on any atom is 0.257 e. The van der Waals surface area contributed by atoms with Crippen LogP contribution in [0.25, 0.3) is 0 Å². The Balaban J connectivity index is 1.95. The van der Waals surface area contributed by atoms with Crippen molar-refractivity contribution in [2.45, 2.75) is 47.6 Å². The number of rotatable bonds is 3. The van der Waals surface area contributed by atoms with Gasteiger partial charge in [0.25, 0.3) is 5.91 Å². The van der Waals surface area contributed by atoms with Crippen LogP contribution in [0.15, 0.2) is 4.42 Å². The second-order valence-corrected chi connectivity index (χ2v) is 7.69. The molecule has 0 saturated carbocycles. The topological polar surface area (TPSA) is 56.9 Å². The molecule has 5 heteroatoms. The Morgan fingerprint density at radius 2 is 1.70 bits per heavy atom. The van der Waals surface area contributed by atoms with Gasteiger partial charge in [0.15, 0.2) is 0 Å². The third kappa shape index (κ3) is 3.96. The van der Waals surface area contributed by atoms with Crippen molar-refractivity contribution in [3.05, 3.63) is 22.6 Å². The fraction of sp³-hybridized carbons (Fsp3) is 0.722. The molecule has 1 saturated heterocycles. The Kier molecular flexibility index (Phi) is 5.21. The van der Waals surface area contributed by atoms with Crippen LogP contribution in [0.3, 0.4) is 0 Å². The highest BCUT2D eigenvalue weighted by Gasteiger charge is 2.29. The van der Waals surface area contributed by atoms with E-state index in [-0.39, 0.29) is 17.4 Å². The van der Waals surface area contributed by atoms with Gasteiger partial charge in [0.1, 0.15) is 11.5 Å². The smallest absolute Gasteiger partial charge is 0.257 e. The van der Waals surface area contributed by atoms with E-state index < -0.39 is 0 Å². The number of aliphatic hydroxyl groups excluding tert-OH is 1. The van der Waals surface area contributed by atoms with Crippen LogP contribution in [-0.4, -0.2) is 59.6 Å². The molecule has 2 rings (SSSR count). The first-order valence-electron chi connectivity index (χ1n) is 8.37. The minimum absolute atomic E-state index is 0.0628. The molecule has 1 fully saturated rings. The Bertz CT molecular complexity index is 564. The molecule has 23 heavy (non-hydrogen) atoms. The number of nitrogens with zero attached hydrogens (tertiary/aromatic N) is 2. The van der Waals surface area contributed by atoms with E-state index in [4.69, 9.17) is 4.42 Å².